The molecule has 88 valence electrons. The number of oxazole rings is 1. The number of aromatic nitrogens is 1. The molecule has 0 spiro atoms. The normalized spacial score (nSPS) is 19.4. The van der Waals surface area contributed by atoms with Crippen LogP contribution in [0.5, 0.6) is 0 Å². The number of aliphatic carboxylic acids is 1. The third-order valence-electron chi connectivity index (χ3n) is 3.30. The Hall–Kier alpha value is -1.36. The highest BCUT2D eigenvalue weighted by Crippen LogP contribution is 2.25. The van der Waals surface area contributed by atoms with Gasteiger partial charge >= 0.3 is 5.97 Å². The second-order valence-electron chi connectivity index (χ2n) is 4.44. The molecular weight excluding hydrogens is 208 g/mol. The molecule has 16 heavy (non-hydrogen) atoms. The van der Waals surface area contributed by atoms with Crippen LogP contribution in [-0.2, 0) is 11.3 Å². The van der Waals surface area contributed by atoms with Gasteiger partial charge in [0, 0.05) is 19.6 Å². The summed E-state index contributed by atoms with van der Waals surface area (Å²) in [5, 5.41) is 8.86. The van der Waals surface area contributed by atoms with Gasteiger partial charge in [-0.05, 0) is 12.8 Å². The molecule has 5 heteroatoms. The number of likely N-dealkylation sites (tertiary alicyclic amines) is 1. The van der Waals surface area contributed by atoms with Crippen LogP contribution >= 0.6 is 0 Å². The monoisotopic (exact) mass is 224 g/mol. The SMILES string of the molecule is Cc1ocnc1CN1CC(C(C)C(=O)O)C1. The first-order valence-electron chi connectivity index (χ1n) is 5.42. The summed E-state index contributed by atoms with van der Waals surface area (Å²) in [6.45, 7) is 6.08. The molecule has 1 aromatic rings. The molecule has 0 radical (unpaired) electrons. The molecule has 0 bridgehead atoms. The summed E-state index contributed by atoms with van der Waals surface area (Å²) in [5.74, 6) is 0.149. The van der Waals surface area contributed by atoms with Gasteiger partial charge in [-0.15, -0.1) is 0 Å². The number of hydrogen-bond donors (Lipinski definition) is 1. The predicted molar refractivity (Wildman–Crippen MR) is 56.8 cm³/mol. The molecule has 1 aliphatic rings. The summed E-state index contributed by atoms with van der Waals surface area (Å²) in [5.41, 5.74) is 0.946. The fourth-order valence-electron chi connectivity index (χ4n) is 1.95. The number of carbonyl (C=O) groups is 1. The summed E-state index contributed by atoms with van der Waals surface area (Å²) in [6.07, 6.45) is 1.45. The molecule has 0 aliphatic carbocycles. The van der Waals surface area contributed by atoms with Crippen LogP contribution in [0, 0.1) is 18.8 Å². The summed E-state index contributed by atoms with van der Waals surface area (Å²) in [4.78, 5) is 17.1. The minimum absolute atomic E-state index is 0.255. The topological polar surface area (TPSA) is 66.6 Å². The fraction of sp³-hybridized carbons (Fsp3) is 0.636. The van der Waals surface area contributed by atoms with Crippen molar-refractivity contribution in [2.45, 2.75) is 20.4 Å². The van der Waals surface area contributed by atoms with E-state index in [2.05, 4.69) is 9.88 Å². The molecule has 0 saturated carbocycles. The molecular formula is C11H16N2O3. The molecule has 0 amide bonds. The molecule has 2 heterocycles. The number of rotatable bonds is 4. The number of nitrogens with zero attached hydrogens (tertiary/aromatic N) is 2. The van der Waals surface area contributed by atoms with E-state index in [1.807, 2.05) is 6.92 Å². The van der Waals surface area contributed by atoms with Gasteiger partial charge in [0.2, 0.25) is 0 Å². The van der Waals surface area contributed by atoms with E-state index in [1.54, 1.807) is 6.92 Å². The molecule has 1 aliphatic heterocycles. The van der Waals surface area contributed by atoms with Crippen LogP contribution in [0.25, 0.3) is 0 Å². The van der Waals surface area contributed by atoms with Crippen molar-refractivity contribution in [3.05, 3.63) is 17.8 Å². The highest BCUT2D eigenvalue weighted by atomic mass is 16.4. The first-order valence-corrected chi connectivity index (χ1v) is 5.42. The van der Waals surface area contributed by atoms with E-state index in [9.17, 15) is 4.79 Å². The van der Waals surface area contributed by atoms with Gasteiger partial charge in [0.1, 0.15) is 5.76 Å². The van der Waals surface area contributed by atoms with Crippen LogP contribution in [0.1, 0.15) is 18.4 Å². The van der Waals surface area contributed by atoms with Crippen molar-refractivity contribution in [3.8, 4) is 0 Å². The maximum absolute atomic E-state index is 10.8. The average Bonchev–Trinajstić information content (AvgIpc) is 2.56. The van der Waals surface area contributed by atoms with Crippen LogP contribution in [0.2, 0.25) is 0 Å². The maximum Gasteiger partial charge on any atom is 0.306 e. The Kier molecular flexibility index (Phi) is 2.96. The zero-order valence-electron chi connectivity index (χ0n) is 9.51. The number of aryl methyl sites for hydroxylation is 1. The summed E-state index contributed by atoms with van der Waals surface area (Å²) in [6, 6.07) is 0. The van der Waals surface area contributed by atoms with Crippen molar-refractivity contribution in [1.82, 2.24) is 9.88 Å². The van der Waals surface area contributed by atoms with E-state index in [-0.39, 0.29) is 11.8 Å². The minimum atomic E-state index is -0.706. The van der Waals surface area contributed by atoms with E-state index in [4.69, 9.17) is 9.52 Å². The van der Waals surface area contributed by atoms with Crippen molar-refractivity contribution >= 4 is 5.97 Å². The van der Waals surface area contributed by atoms with Gasteiger partial charge in [-0.2, -0.15) is 0 Å². The molecule has 1 N–H and O–H groups in total. The van der Waals surface area contributed by atoms with Crippen molar-refractivity contribution in [1.29, 1.82) is 0 Å². The zero-order chi connectivity index (χ0) is 11.7. The van der Waals surface area contributed by atoms with E-state index < -0.39 is 5.97 Å². The van der Waals surface area contributed by atoms with E-state index in [0.717, 1.165) is 31.1 Å². The van der Waals surface area contributed by atoms with Gasteiger partial charge in [-0.25, -0.2) is 4.98 Å². The predicted octanol–water partition coefficient (Wildman–Crippen LogP) is 1.14. The van der Waals surface area contributed by atoms with Crippen LogP contribution in [0.3, 0.4) is 0 Å². The van der Waals surface area contributed by atoms with Crippen LogP contribution in [0.15, 0.2) is 10.8 Å². The minimum Gasteiger partial charge on any atom is -0.481 e. The molecule has 2 rings (SSSR count). The summed E-state index contributed by atoms with van der Waals surface area (Å²) >= 11 is 0. The van der Waals surface area contributed by atoms with E-state index >= 15 is 0 Å². The van der Waals surface area contributed by atoms with E-state index in [1.165, 1.54) is 6.39 Å². The Labute approximate surface area is 94.1 Å². The highest BCUT2D eigenvalue weighted by molar-refractivity contribution is 5.70. The molecule has 5 nitrogen and oxygen atoms in total. The lowest BCUT2D eigenvalue weighted by atomic mass is 9.87. The van der Waals surface area contributed by atoms with Crippen molar-refractivity contribution in [3.63, 3.8) is 0 Å². The van der Waals surface area contributed by atoms with Crippen LogP contribution in [0.4, 0.5) is 0 Å². The summed E-state index contributed by atoms with van der Waals surface area (Å²) < 4.78 is 5.11. The largest absolute Gasteiger partial charge is 0.481 e. The molecule has 0 aromatic carbocycles. The Morgan fingerprint density at radius 2 is 2.44 bits per heavy atom. The first kappa shape index (κ1) is 11.1. The van der Waals surface area contributed by atoms with E-state index in [0.29, 0.717) is 0 Å². The second kappa shape index (κ2) is 4.25. The number of hydrogen-bond acceptors (Lipinski definition) is 4. The van der Waals surface area contributed by atoms with Gasteiger partial charge in [0.25, 0.3) is 0 Å². The Morgan fingerprint density at radius 3 is 2.94 bits per heavy atom. The third kappa shape index (κ3) is 2.09. The maximum atomic E-state index is 10.8. The average molecular weight is 224 g/mol. The lowest BCUT2D eigenvalue weighted by Crippen LogP contribution is -2.50. The molecule has 1 saturated heterocycles. The van der Waals surface area contributed by atoms with Crippen molar-refractivity contribution in [2.24, 2.45) is 11.8 Å². The Balaban J connectivity index is 1.81. The fourth-order valence-corrected chi connectivity index (χ4v) is 1.95. The molecule has 1 aromatic heterocycles. The van der Waals surface area contributed by atoms with Crippen molar-refractivity contribution < 1.29 is 14.3 Å². The van der Waals surface area contributed by atoms with Crippen LogP contribution < -0.4 is 0 Å². The van der Waals surface area contributed by atoms with Crippen molar-refractivity contribution in [2.75, 3.05) is 13.1 Å². The van der Waals surface area contributed by atoms with Gasteiger partial charge in [-0.1, -0.05) is 6.92 Å². The molecule has 1 unspecified atom stereocenters. The standard InChI is InChI=1S/C11H16N2O3/c1-7(11(14)15)9-3-13(4-9)5-10-8(2)16-6-12-10/h6-7,9H,3-5H2,1-2H3,(H,14,15). The van der Waals surface area contributed by atoms with Gasteiger partial charge in [0.05, 0.1) is 11.6 Å². The van der Waals surface area contributed by atoms with Gasteiger partial charge in [-0.3, -0.25) is 9.69 Å². The number of carboxylic acids is 1. The lowest BCUT2D eigenvalue weighted by Gasteiger charge is -2.40. The quantitative estimate of drug-likeness (QED) is 0.830. The zero-order valence-corrected chi connectivity index (χ0v) is 9.51. The Bertz CT molecular complexity index is 382. The van der Waals surface area contributed by atoms with Gasteiger partial charge in [0.15, 0.2) is 6.39 Å². The lowest BCUT2D eigenvalue weighted by molar-refractivity contribution is -0.145. The number of carboxylic acid groups (broad SMARTS) is 1. The summed E-state index contributed by atoms with van der Waals surface area (Å²) in [7, 11) is 0. The molecule has 1 atom stereocenters. The van der Waals surface area contributed by atoms with Gasteiger partial charge < -0.3 is 9.52 Å². The third-order valence-corrected chi connectivity index (χ3v) is 3.30. The van der Waals surface area contributed by atoms with Crippen LogP contribution in [-0.4, -0.2) is 34.0 Å². The first-order chi connectivity index (χ1) is 7.58. The molecule has 1 fully saturated rings. The second-order valence-corrected chi connectivity index (χ2v) is 4.44. The highest BCUT2D eigenvalue weighted by Gasteiger charge is 2.34. The smallest absolute Gasteiger partial charge is 0.306 e. The Morgan fingerprint density at radius 1 is 1.75 bits per heavy atom.